The molecule has 1 aliphatic heterocycles. The highest BCUT2D eigenvalue weighted by Crippen LogP contribution is 1.96. The first-order chi connectivity index (χ1) is 6.84. The molecule has 0 unspecified atom stereocenters. The molecule has 0 aromatic carbocycles. The Kier molecular flexibility index (Phi) is 5.37. The number of rotatable bonds is 4. The topological polar surface area (TPSA) is 53.6 Å². The molecule has 0 spiro atoms. The lowest BCUT2D eigenvalue weighted by molar-refractivity contribution is 0.353. The molecule has 0 amide bonds. The highest BCUT2D eigenvalue weighted by molar-refractivity contribution is 5.78. The summed E-state index contributed by atoms with van der Waals surface area (Å²) in [7, 11) is 0. The van der Waals surface area contributed by atoms with Crippen molar-refractivity contribution in [2.24, 2.45) is 10.7 Å². The average Bonchev–Trinajstić information content (AvgIpc) is 2.25. The van der Waals surface area contributed by atoms with E-state index in [1.54, 1.807) is 0 Å². The SMILES string of the molecule is CCCCCN=C(N)N1CCNCC1. The van der Waals surface area contributed by atoms with Gasteiger partial charge in [0.25, 0.3) is 0 Å². The fourth-order valence-corrected chi connectivity index (χ4v) is 1.55. The Balaban J connectivity index is 2.20. The van der Waals surface area contributed by atoms with E-state index in [0.29, 0.717) is 0 Å². The molecule has 82 valence electrons. The molecule has 1 saturated heterocycles. The molecule has 4 heteroatoms. The van der Waals surface area contributed by atoms with Crippen LogP contribution in [-0.2, 0) is 0 Å². The summed E-state index contributed by atoms with van der Waals surface area (Å²) < 4.78 is 0. The molecule has 0 aromatic rings. The summed E-state index contributed by atoms with van der Waals surface area (Å²) in [6.45, 7) is 7.09. The van der Waals surface area contributed by atoms with Crippen LogP contribution < -0.4 is 11.1 Å². The molecule has 0 radical (unpaired) electrons. The monoisotopic (exact) mass is 198 g/mol. The highest BCUT2D eigenvalue weighted by atomic mass is 15.3. The molecule has 0 aromatic heterocycles. The Morgan fingerprint density at radius 3 is 2.71 bits per heavy atom. The van der Waals surface area contributed by atoms with Crippen LogP contribution in [0.3, 0.4) is 0 Å². The fourth-order valence-electron chi connectivity index (χ4n) is 1.55. The zero-order valence-corrected chi connectivity index (χ0v) is 9.13. The van der Waals surface area contributed by atoms with Crippen molar-refractivity contribution in [1.82, 2.24) is 10.2 Å². The van der Waals surface area contributed by atoms with Gasteiger partial charge in [-0.05, 0) is 6.42 Å². The minimum atomic E-state index is 0.725. The molecule has 4 nitrogen and oxygen atoms in total. The van der Waals surface area contributed by atoms with E-state index >= 15 is 0 Å². The summed E-state index contributed by atoms with van der Waals surface area (Å²) in [6.07, 6.45) is 3.64. The van der Waals surface area contributed by atoms with E-state index < -0.39 is 0 Å². The summed E-state index contributed by atoms with van der Waals surface area (Å²) in [6, 6.07) is 0. The second kappa shape index (κ2) is 6.65. The molecule has 0 bridgehead atoms. The summed E-state index contributed by atoms with van der Waals surface area (Å²) in [5.74, 6) is 0.725. The lowest BCUT2D eigenvalue weighted by Gasteiger charge is -2.28. The molecule has 0 saturated carbocycles. The first-order valence-electron chi connectivity index (χ1n) is 5.60. The van der Waals surface area contributed by atoms with E-state index in [1.165, 1.54) is 12.8 Å². The van der Waals surface area contributed by atoms with E-state index in [2.05, 4.69) is 22.1 Å². The number of unbranched alkanes of at least 4 members (excludes halogenated alkanes) is 2. The first-order valence-corrected chi connectivity index (χ1v) is 5.60. The Labute approximate surface area is 86.6 Å². The van der Waals surface area contributed by atoms with Crippen LogP contribution in [0.15, 0.2) is 4.99 Å². The minimum absolute atomic E-state index is 0.725. The Morgan fingerprint density at radius 1 is 1.36 bits per heavy atom. The maximum atomic E-state index is 5.88. The second-order valence-corrected chi connectivity index (χ2v) is 3.68. The van der Waals surface area contributed by atoms with Crippen LogP contribution >= 0.6 is 0 Å². The molecule has 14 heavy (non-hydrogen) atoms. The van der Waals surface area contributed by atoms with Crippen molar-refractivity contribution in [3.8, 4) is 0 Å². The smallest absolute Gasteiger partial charge is 0.191 e. The molecule has 1 rings (SSSR count). The predicted octanol–water partition coefficient (Wildman–Crippen LogP) is 0.397. The maximum Gasteiger partial charge on any atom is 0.191 e. The van der Waals surface area contributed by atoms with Crippen LogP contribution in [0.1, 0.15) is 26.2 Å². The van der Waals surface area contributed by atoms with E-state index in [9.17, 15) is 0 Å². The van der Waals surface area contributed by atoms with Crippen LogP contribution in [-0.4, -0.2) is 43.6 Å². The van der Waals surface area contributed by atoms with Crippen molar-refractivity contribution in [3.05, 3.63) is 0 Å². The van der Waals surface area contributed by atoms with Gasteiger partial charge in [-0.1, -0.05) is 19.8 Å². The standard InChI is InChI=1S/C10H22N4/c1-2-3-4-5-13-10(11)14-8-6-12-7-9-14/h12H,2-9H2,1H3,(H2,11,13). The summed E-state index contributed by atoms with van der Waals surface area (Å²) in [5.41, 5.74) is 5.88. The zero-order chi connectivity index (χ0) is 10.2. The van der Waals surface area contributed by atoms with Crippen molar-refractivity contribution in [1.29, 1.82) is 0 Å². The van der Waals surface area contributed by atoms with Crippen molar-refractivity contribution in [2.75, 3.05) is 32.7 Å². The highest BCUT2D eigenvalue weighted by Gasteiger charge is 2.10. The second-order valence-electron chi connectivity index (χ2n) is 3.68. The van der Waals surface area contributed by atoms with Gasteiger partial charge in [0.1, 0.15) is 0 Å². The van der Waals surface area contributed by atoms with Gasteiger partial charge in [-0.15, -0.1) is 0 Å². The van der Waals surface area contributed by atoms with Gasteiger partial charge in [0.2, 0.25) is 0 Å². The van der Waals surface area contributed by atoms with Gasteiger partial charge in [0.15, 0.2) is 5.96 Å². The van der Waals surface area contributed by atoms with Crippen LogP contribution in [0, 0.1) is 0 Å². The molecule has 3 N–H and O–H groups in total. The third kappa shape index (κ3) is 3.96. The zero-order valence-electron chi connectivity index (χ0n) is 9.13. The molecule has 1 fully saturated rings. The molecule has 1 aliphatic rings. The largest absolute Gasteiger partial charge is 0.370 e. The van der Waals surface area contributed by atoms with Gasteiger partial charge in [0.05, 0.1) is 0 Å². The van der Waals surface area contributed by atoms with Gasteiger partial charge in [-0.3, -0.25) is 4.99 Å². The Bertz CT molecular complexity index is 173. The predicted molar refractivity (Wildman–Crippen MR) is 60.5 cm³/mol. The number of guanidine groups is 1. The van der Waals surface area contributed by atoms with Crippen LogP contribution in [0.2, 0.25) is 0 Å². The quantitative estimate of drug-likeness (QED) is 0.390. The molecule has 1 heterocycles. The van der Waals surface area contributed by atoms with Crippen LogP contribution in [0.4, 0.5) is 0 Å². The van der Waals surface area contributed by atoms with Gasteiger partial charge in [-0.25, -0.2) is 0 Å². The number of hydrogen-bond donors (Lipinski definition) is 2. The van der Waals surface area contributed by atoms with Crippen molar-refractivity contribution in [2.45, 2.75) is 26.2 Å². The molecular weight excluding hydrogens is 176 g/mol. The lowest BCUT2D eigenvalue weighted by atomic mass is 10.2. The van der Waals surface area contributed by atoms with Crippen molar-refractivity contribution < 1.29 is 0 Å². The third-order valence-corrected chi connectivity index (χ3v) is 2.48. The maximum absolute atomic E-state index is 5.88. The number of hydrogen-bond acceptors (Lipinski definition) is 2. The van der Waals surface area contributed by atoms with Gasteiger partial charge in [-0.2, -0.15) is 0 Å². The fraction of sp³-hybridized carbons (Fsp3) is 0.900. The summed E-state index contributed by atoms with van der Waals surface area (Å²) >= 11 is 0. The first kappa shape index (κ1) is 11.3. The van der Waals surface area contributed by atoms with E-state index in [0.717, 1.165) is 45.1 Å². The van der Waals surface area contributed by atoms with E-state index in [4.69, 9.17) is 5.73 Å². The normalized spacial score (nSPS) is 18.6. The Morgan fingerprint density at radius 2 is 2.07 bits per heavy atom. The summed E-state index contributed by atoms with van der Waals surface area (Å²) in [5, 5.41) is 3.29. The lowest BCUT2D eigenvalue weighted by Crippen LogP contribution is -2.49. The van der Waals surface area contributed by atoms with E-state index in [-0.39, 0.29) is 0 Å². The van der Waals surface area contributed by atoms with Crippen LogP contribution in [0.5, 0.6) is 0 Å². The Hall–Kier alpha value is -0.770. The van der Waals surface area contributed by atoms with Gasteiger partial charge >= 0.3 is 0 Å². The van der Waals surface area contributed by atoms with E-state index in [1.807, 2.05) is 0 Å². The number of nitrogens with one attached hydrogen (secondary N) is 1. The molecule has 0 aliphatic carbocycles. The van der Waals surface area contributed by atoms with Gasteiger partial charge < -0.3 is 16.0 Å². The third-order valence-electron chi connectivity index (χ3n) is 2.48. The van der Waals surface area contributed by atoms with Crippen LogP contribution in [0.25, 0.3) is 0 Å². The minimum Gasteiger partial charge on any atom is -0.370 e. The average molecular weight is 198 g/mol. The number of nitrogens with zero attached hydrogens (tertiary/aromatic N) is 2. The molecular formula is C10H22N4. The number of piperazine rings is 1. The van der Waals surface area contributed by atoms with Crippen molar-refractivity contribution >= 4 is 5.96 Å². The van der Waals surface area contributed by atoms with Crippen molar-refractivity contribution in [3.63, 3.8) is 0 Å². The summed E-state index contributed by atoms with van der Waals surface area (Å²) in [4.78, 5) is 6.53. The molecule has 0 atom stereocenters. The number of nitrogens with two attached hydrogens (primary N) is 1. The number of aliphatic imine (C=N–C) groups is 1. The van der Waals surface area contributed by atoms with Gasteiger partial charge in [0, 0.05) is 32.7 Å².